The van der Waals surface area contributed by atoms with Crippen LogP contribution in [0.5, 0.6) is 5.75 Å². The van der Waals surface area contributed by atoms with Crippen LogP contribution in [0.1, 0.15) is 45.4 Å². The molecule has 2 nitrogen and oxygen atoms in total. The van der Waals surface area contributed by atoms with Gasteiger partial charge in [-0.15, -0.1) is 0 Å². The average molecular weight is 283 g/mol. The van der Waals surface area contributed by atoms with Crippen LogP contribution in [0.3, 0.4) is 0 Å². The summed E-state index contributed by atoms with van der Waals surface area (Å²) < 4.78 is 29.3. The quantitative estimate of drug-likeness (QED) is 0.763. The van der Waals surface area contributed by atoms with Crippen LogP contribution in [-0.2, 0) is 0 Å². The third kappa shape index (κ3) is 4.36. The zero-order chi connectivity index (χ0) is 14.4. The van der Waals surface area contributed by atoms with Crippen molar-refractivity contribution in [2.75, 3.05) is 5.32 Å². The Morgan fingerprint density at radius 3 is 2.75 bits per heavy atom. The third-order valence-corrected chi connectivity index (χ3v) is 4.13. The van der Waals surface area contributed by atoms with Crippen LogP contribution in [0.25, 0.3) is 0 Å². The van der Waals surface area contributed by atoms with E-state index in [9.17, 15) is 8.78 Å². The van der Waals surface area contributed by atoms with E-state index in [2.05, 4.69) is 17.0 Å². The summed E-state index contributed by atoms with van der Waals surface area (Å²) in [5, 5.41) is 3.38. The molecule has 112 valence electrons. The van der Waals surface area contributed by atoms with Gasteiger partial charge in [-0.25, -0.2) is 0 Å². The van der Waals surface area contributed by atoms with E-state index in [1.165, 1.54) is 25.7 Å². The molecule has 1 aromatic carbocycles. The van der Waals surface area contributed by atoms with E-state index < -0.39 is 6.61 Å². The third-order valence-electron chi connectivity index (χ3n) is 4.13. The Balaban J connectivity index is 1.98. The minimum Gasteiger partial charge on any atom is -0.433 e. The van der Waals surface area contributed by atoms with Crippen molar-refractivity contribution in [2.45, 2.75) is 58.1 Å². The molecular formula is C16H23F2NO. The van der Waals surface area contributed by atoms with Gasteiger partial charge < -0.3 is 10.1 Å². The summed E-state index contributed by atoms with van der Waals surface area (Å²) >= 11 is 0. The lowest BCUT2D eigenvalue weighted by Gasteiger charge is -2.20. The van der Waals surface area contributed by atoms with Crippen LogP contribution in [-0.4, -0.2) is 12.7 Å². The summed E-state index contributed by atoms with van der Waals surface area (Å²) in [5.41, 5.74) is 0.674. The number of hydrogen-bond donors (Lipinski definition) is 1. The molecule has 1 aromatic rings. The molecule has 0 aliphatic heterocycles. The van der Waals surface area contributed by atoms with Crippen molar-refractivity contribution < 1.29 is 13.5 Å². The number of hydrogen-bond acceptors (Lipinski definition) is 2. The van der Waals surface area contributed by atoms with Gasteiger partial charge in [0.25, 0.3) is 0 Å². The SMILES string of the molecule is CCC1CCCC(Nc2ccccc2OC(F)F)CC1. The van der Waals surface area contributed by atoms with E-state index in [1.54, 1.807) is 18.2 Å². The molecule has 0 amide bonds. The van der Waals surface area contributed by atoms with Gasteiger partial charge in [-0.2, -0.15) is 8.78 Å². The molecule has 0 bridgehead atoms. The zero-order valence-electron chi connectivity index (χ0n) is 11.9. The van der Waals surface area contributed by atoms with E-state index in [-0.39, 0.29) is 5.75 Å². The molecular weight excluding hydrogens is 260 g/mol. The smallest absolute Gasteiger partial charge is 0.387 e. The summed E-state index contributed by atoms with van der Waals surface area (Å²) in [6.07, 6.45) is 7.13. The largest absolute Gasteiger partial charge is 0.433 e. The van der Waals surface area contributed by atoms with E-state index in [1.807, 2.05) is 6.07 Å². The van der Waals surface area contributed by atoms with Gasteiger partial charge in [0.1, 0.15) is 5.75 Å². The molecule has 1 N–H and O–H groups in total. The number of benzene rings is 1. The first-order valence-corrected chi connectivity index (χ1v) is 7.49. The Hall–Kier alpha value is -1.32. The maximum Gasteiger partial charge on any atom is 0.387 e. The van der Waals surface area contributed by atoms with Crippen molar-refractivity contribution in [3.8, 4) is 5.75 Å². The molecule has 0 heterocycles. The van der Waals surface area contributed by atoms with E-state index in [0.29, 0.717) is 11.7 Å². The highest BCUT2D eigenvalue weighted by atomic mass is 19.3. The molecule has 4 heteroatoms. The molecule has 1 aliphatic carbocycles. The second-order valence-electron chi connectivity index (χ2n) is 5.50. The Bertz CT molecular complexity index is 411. The summed E-state index contributed by atoms with van der Waals surface area (Å²) in [6, 6.07) is 7.30. The fourth-order valence-electron chi connectivity index (χ4n) is 2.94. The van der Waals surface area contributed by atoms with Crippen molar-refractivity contribution in [3.05, 3.63) is 24.3 Å². The molecule has 0 saturated heterocycles. The Kier molecular flexibility index (Phi) is 5.62. The predicted molar refractivity (Wildman–Crippen MR) is 77.4 cm³/mol. The molecule has 0 radical (unpaired) electrons. The van der Waals surface area contributed by atoms with Crippen LogP contribution >= 0.6 is 0 Å². The molecule has 20 heavy (non-hydrogen) atoms. The Labute approximate surface area is 119 Å². The molecule has 2 unspecified atom stereocenters. The minimum atomic E-state index is -2.78. The standard InChI is InChI=1S/C16H23F2NO/c1-2-12-6-5-7-13(11-10-12)19-14-8-3-4-9-15(14)20-16(17)18/h3-4,8-9,12-13,16,19H,2,5-7,10-11H2,1H3. The van der Waals surface area contributed by atoms with Crippen LogP contribution < -0.4 is 10.1 Å². The van der Waals surface area contributed by atoms with Crippen LogP contribution in [0.4, 0.5) is 14.5 Å². The van der Waals surface area contributed by atoms with Gasteiger partial charge in [-0.1, -0.05) is 38.3 Å². The minimum absolute atomic E-state index is 0.235. The topological polar surface area (TPSA) is 21.3 Å². The first-order chi connectivity index (χ1) is 9.69. The number of halogens is 2. The van der Waals surface area contributed by atoms with Gasteiger partial charge in [0.2, 0.25) is 0 Å². The molecule has 2 rings (SSSR count). The van der Waals surface area contributed by atoms with Gasteiger partial charge in [0, 0.05) is 6.04 Å². The molecule has 1 saturated carbocycles. The fraction of sp³-hybridized carbons (Fsp3) is 0.625. The second-order valence-corrected chi connectivity index (χ2v) is 5.50. The van der Waals surface area contributed by atoms with Gasteiger partial charge in [0.05, 0.1) is 5.69 Å². The average Bonchev–Trinajstić information content (AvgIpc) is 2.65. The van der Waals surface area contributed by atoms with Crippen molar-refractivity contribution in [1.82, 2.24) is 0 Å². The highest BCUT2D eigenvalue weighted by Gasteiger charge is 2.19. The van der Waals surface area contributed by atoms with Crippen molar-refractivity contribution >= 4 is 5.69 Å². The van der Waals surface area contributed by atoms with Gasteiger partial charge >= 0.3 is 6.61 Å². The molecule has 1 aliphatic rings. The summed E-state index contributed by atoms with van der Waals surface area (Å²) in [4.78, 5) is 0. The van der Waals surface area contributed by atoms with E-state index in [0.717, 1.165) is 18.8 Å². The van der Waals surface area contributed by atoms with Crippen LogP contribution in [0.15, 0.2) is 24.3 Å². The number of rotatable bonds is 5. The van der Waals surface area contributed by atoms with Crippen LogP contribution in [0.2, 0.25) is 0 Å². The summed E-state index contributed by atoms with van der Waals surface area (Å²) in [6.45, 7) is -0.541. The molecule has 1 fully saturated rings. The second kappa shape index (κ2) is 7.46. The van der Waals surface area contributed by atoms with Crippen molar-refractivity contribution in [3.63, 3.8) is 0 Å². The lowest BCUT2D eigenvalue weighted by atomic mass is 9.98. The van der Waals surface area contributed by atoms with Gasteiger partial charge in [-0.3, -0.25) is 0 Å². The van der Waals surface area contributed by atoms with Gasteiger partial charge in [0.15, 0.2) is 0 Å². The lowest BCUT2D eigenvalue weighted by molar-refractivity contribution is -0.0493. The number of nitrogens with one attached hydrogen (secondary N) is 1. The van der Waals surface area contributed by atoms with Crippen molar-refractivity contribution in [1.29, 1.82) is 0 Å². The molecule has 0 aromatic heterocycles. The van der Waals surface area contributed by atoms with Crippen molar-refractivity contribution in [2.24, 2.45) is 5.92 Å². The molecule has 0 spiro atoms. The highest BCUT2D eigenvalue weighted by molar-refractivity contribution is 5.56. The molecule has 2 atom stereocenters. The summed E-state index contributed by atoms with van der Waals surface area (Å²) in [5.74, 6) is 1.05. The monoisotopic (exact) mass is 283 g/mol. The first-order valence-electron chi connectivity index (χ1n) is 7.49. The fourth-order valence-corrected chi connectivity index (χ4v) is 2.94. The Morgan fingerprint density at radius 2 is 2.00 bits per heavy atom. The van der Waals surface area contributed by atoms with Crippen LogP contribution in [0, 0.1) is 5.92 Å². The number of ether oxygens (including phenoxy) is 1. The summed E-state index contributed by atoms with van der Waals surface area (Å²) in [7, 11) is 0. The number of anilines is 1. The zero-order valence-corrected chi connectivity index (χ0v) is 11.9. The first kappa shape index (κ1) is 15.1. The highest BCUT2D eigenvalue weighted by Crippen LogP contribution is 2.31. The van der Waals surface area contributed by atoms with E-state index in [4.69, 9.17) is 0 Å². The predicted octanol–water partition coefficient (Wildman–Crippen LogP) is 5.06. The normalized spacial score (nSPS) is 23.4. The number of para-hydroxylation sites is 2. The lowest BCUT2D eigenvalue weighted by Crippen LogP contribution is -2.19. The maximum absolute atomic E-state index is 12.4. The van der Waals surface area contributed by atoms with Gasteiger partial charge in [-0.05, 0) is 37.3 Å². The Morgan fingerprint density at radius 1 is 1.20 bits per heavy atom. The maximum atomic E-state index is 12.4. The van der Waals surface area contributed by atoms with E-state index >= 15 is 0 Å². The number of alkyl halides is 2.